The minimum absolute atomic E-state index is 0.0653. The van der Waals surface area contributed by atoms with E-state index in [0.29, 0.717) is 12.1 Å². The molecule has 0 bridgehead atoms. The number of nitrogens with zero attached hydrogens (tertiary/aromatic N) is 4. The number of imidazole rings is 1. The topological polar surface area (TPSA) is 97.5 Å². The number of benzene rings is 3. The maximum Gasteiger partial charge on any atom is 0.128 e. The number of amidine groups is 1. The molecule has 7 nitrogen and oxygen atoms in total. The van der Waals surface area contributed by atoms with Crippen molar-refractivity contribution in [3.8, 4) is 16.9 Å². The molecule has 2 heterocycles. The average molecular weight is 436 g/mol. The van der Waals surface area contributed by atoms with Crippen molar-refractivity contribution in [3.05, 3.63) is 95.9 Å². The van der Waals surface area contributed by atoms with Crippen molar-refractivity contribution in [1.82, 2.24) is 19.3 Å². The highest BCUT2D eigenvalue weighted by Gasteiger charge is 2.13. The number of nitrogen functional groups attached to an aromatic ring is 1. The molecule has 3 aromatic carbocycles. The van der Waals surface area contributed by atoms with Crippen molar-refractivity contribution in [1.29, 1.82) is 5.41 Å². The van der Waals surface area contributed by atoms with Crippen molar-refractivity contribution in [2.24, 2.45) is 12.8 Å². The fraction of sp³-hybridized carbons (Fsp3) is 0.115. The minimum Gasteiger partial charge on any atom is -0.384 e. The van der Waals surface area contributed by atoms with Crippen LogP contribution < -0.4 is 11.1 Å². The van der Waals surface area contributed by atoms with Gasteiger partial charge in [0.2, 0.25) is 0 Å². The van der Waals surface area contributed by atoms with Crippen LogP contribution in [0, 0.1) is 12.3 Å². The van der Waals surface area contributed by atoms with Crippen molar-refractivity contribution in [3.63, 3.8) is 0 Å². The standard InChI is InChI=1S/C26H25N7/c1-17-14-24(18-6-4-3-5-7-18)33(31-17)21-12-13-23-22(15-21)30-25(32(23)2)16-29-20-10-8-19(9-11-20)26(27)28/h3-15,29H,16H2,1-2H3,(H3,27,28). The number of fused-ring (bicyclic) bond motifs is 1. The molecular formula is C26H25N7. The normalized spacial score (nSPS) is 11.1. The Morgan fingerprint density at radius 3 is 2.48 bits per heavy atom. The Bertz CT molecular complexity index is 1440. The predicted molar refractivity (Wildman–Crippen MR) is 133 cm³/mol. The maximum absolute atomic E-state index is 7.51. The van der Waals surface area contributed by atoms with Gasteiger partial charge in [0.05, 0.1) is 34.7 Å². The maximum atomic E-state index is 7.51. The SMILES string of the molecule is Cc1cc(-c2ccccc2)n(-c2ccc3c(c2)nc(CNc2ccc(C(=N)N)cc2)n3C)n1. The highest BCUT2D eigenvalue weighted by atomic mass is 15.3. The first-order valence-electron chi connectivity index (χ1n) is 10.8. The highest BCUT2D eigenvalue weighted by Crippen LogP contribution is 2.26. The first-order valence-corrected chi connectivity index (χ1v) is 10.8. The molecule has 0 amide bonds. The molecule has 0 saturated carbocycles. The van der Waals surface area contributed by atoms with E-state index in [-0.39, 0.29) is 5.84 Å². The smallest absolute Gasteiger partial charge is 0.128 e. The Morgan fingerprint density at radius 2 is 1.76 bits per heavy atom. The zero-order valence-electron chi connectivity index (χ0n) is 18.6. The third kappa shape index (κ3) is 3.96. The number of anilines is 1. The number of aryl methyl sites for hydroxylation is 2. The lowest BCUT2D eigenvalue weighted by atomic mass is 10.1. The molecule has 2 aromatic heterocycles. The Balaban J connectivity index is 1.44. The fourth-order valence-electron chi connectivity index (χ4n) is 3.99. The van der Waals surface area contributed by atoms with Gasteiger partial charge in [0.25, 0.3) is 0 Å². The van der Waals surface area contributed by atoms with Gasteiger partial charge in [0, 0.05) is 23.9 Å². The molecule has 4 N–H and O–H groups in total. The molecule has 0 aliphatic rings. The van der Waals surface area contributed by atoms with Crippen LogP contribution in [-0.2, 0) is 13.6 Å². The van der Waals surface area contributed by atoms with E-state index < -0.39 is 0 Å². The summed E-state index contributed by atoms with van der Waals surface area (Å²) in [5, 5.41) is 15.6. The van der Waals surface area contributed by atoms with Gasteiger partial charge in [-0.2, -0.15) is 5.10 Å². The zero-order chi connectivity index (χ0) is 22.9. The van der Waals surface area contributed by atoms with Crippen LogP contribution in [-0.4, -0.2) is 25.2 Å². The van der Waals surface area contributed by atoms with Crippen molar-refractivity contribution in [2.75, 3.05) is 5.32 Å². The Morgan fingerprint density at radius 1 is 1.00 bits per heavy atom. The van der Waals surface area contributed by atoms with Crippen LogP contribution in [0.3, 0.4) is 0 Å². The van der Waals surface area contributed by atoms with E-state index in [4.69, 9.17) is 21.2 Å². The second-order valence-corrected chi connectivity index (χ2v) is 8.05. The van der Waals surface area contributed by atoms with E-state index >= 15 is 0 Å². The molecule has 0 atom stereocenters. The molecule has 0 radical (unpaired) electrons. The zero-order valence-corrected chi connectivity index (χ0v) is 18.6. The summed E-state index contributed by atoms with van der Waals surface area (Å²) in [5.41, 5.74) is 13.3. The van der Waals surface area contributed by atoms with Crippen molar-refractivity contribution >= 4 is 22.6 Å². The van der Waals surface area contributed by atoms with Crippen LogP contribution in [0.4, 0.5) is 5.69 Å². The van der Waals surface area contributed by atoms with E-state index in [1.54, 1.807) is 0 Å². The molecule has 164 valence electrons. The Labute approximate surface area is 192 Å². The molecule has 33 heavy (non-hydrogen) atoms. The van der Waals surface area contributed by atoms with Gasteiger partial charge in [-0.1, -0.05) is 30.3 Å². The third-order valence-corrected chi connectivity index (χ3v) is 5.75. The van der Waals surface area contributed by atoms with Gasteiger partial charge in [0.15, 0.2) is 0 Å². The summed E-state index contributed by atoms with van der Waals surface area (Å²) >= 11 is 0. The summed E-state index contributed by atoms with van der Waals surface area (Å²) in [6.45, 7) is 2.59. The molecule has 0 spiro atoms. The molecule has 5 rings (SSSR count). The van der Waals surface area contributed by atoms with Gasteiger partial charge in [-0.3, -0.25) is 5.41 Å². The summed E-state index contributed by atoms with van der Waals surface area (Å²) in [4.78, 5) is 4.87. The number of hydrogen-bond acceptors (Lipinski definition) is 4. The first kappa shape index (κ1) is 20.5. The number of nitrogens with two attached hydrogens (primary N) is 1. The molecule has 0 fully saturated rings. The van der Waals surface area contributed by atoms with Crippen LogP contribution in [0.15, 0.2) is 78.9 Å². The lowest BCUT2D eigenvalue weighted by Crippen LogP contribution is -2.11. The average Bonchev–Trinajstić information content (AvgIpc) is 3.38. The first-order chi connectivity index (χ1) is 16.0. The fourth-order valence-corrected chi connectivity index (χ4v) is 3.99. The van der Waals surface area contributed by atoms with Crippen LogP contribution in [0.5, 0.6) is 0 Å². The van der Waals surface area contributed by atoms with Crippen LogP contribution in [0.25, 0.3) is 28.0 Å². The summed E-state index contributed by atoms with van der Waals surface area (Å²) < 4.78 is 4.08. The van der Waals surface area contributed by atoms with Crippen LogP contribution in [0.1, 0.15) is 17.1 Å². The molecule has 7 heteroatoms. The molecule has 0 unspecified atom stereocenters. The van der Waals surface area contributed by atoms with Crippen molar-refractivity contribution < 1.29 is 0 Å². The number of nitrogens with one attached hydrogen (secondary N) is 2. The van der Waals surface area contributed by atoms with E-state index in [1.165, 1.54) is 0 Å². The number of rotatable bonds is 6. The lowest BCUT2D eigenvalue weighted by Gasteiger charge is -2.08. The van der Waals surface area contributed by atoms with E-state index in [0.717, 1.165) is 45.2 Å². The monoisotopic (exact) mass is 435 g/mol. The highest BCUT2D eigenvalue weighted by molar-refractivity contribution is 5.95. The molecular weight excluding hydrogens is 410 g/mol. The van der Waals surface area contributed by atoms with Gasteiger partial charge in [0.1, 0.15) is 11.7 Å². The van der Waals surface area contributed by atoms with Gasteiger partial charge >= 0.3 is 0 Å². The largest absolute Gasteiger partial charge is 0.384 e. The second kappa shape index (κ2) is 8.27. The van der Waals surface area contributed by atoms with Gasteiger partial charge < -0.3 is 15.6 Å². The third-order valence-electron chi connectivity index (χ3n) is 5.75. The molecule has 5 aromatic rings. The molecule has 0 aliphatic carbocycles. The quantitative estimate of drug-likeness (QED) is 0.268. The number of aromatic nitrogens is 4. The Kier molecular flexibility index (Phi) is 5.14. The molecule has 0 aliphatic heterocycles. The number of hydrogen-bond donors (Lipinski definition) is 3. The van der Waals surface area contributed by atoms with Gasteiger partial charge in [-0.25, -0.2) is 9.67 Å². The summed E-state index contributed by atoms with van der Waals surface area (Å²) in [5.74, 6) is 0.994. The van der Waals surface area contributed by atoms with Gasteiger partial charge in [-0.15, -0.1) is 0 Å². The molecule has 0 saturated heterocycles. The predicted octanol–water partition coefficient (Wildman–Crippen LogP) is 4.63. The van der Waals surface area contributed by atoms with E-state index in [9.17, 15) is 0 Å². The van der Waals surface area contributed by atoms with Gasteiger partial charge in [-0.05, 0) is 55.5 Å². The second-order valence-electron chi connectivity index (χ2n) is 8.05. The lowest BCUT2D eigenvalue weighted by molar-refractivity contribution is 0.834. The summed E-state index contributed by atoms with van der Waals surface area (Å²) in [6.07, 6.45) is 0. The van der Waals surface area contributed by atoms with Crippen LogP contribution >= 0.6 is 0 Å². The Hall–Kier alpha value is -4.39. The summed E-state index contributed by atoms with van der Waals surface area (Å²) in [6, 6.07) is 26.2. The van der Waals surface area contributed by atoms with Crippen LogP contribution in [0.2, 0.25) is 0 Å². The van der Waals surface area contributed by atoms with E-state index in [2.05, 4.69) is 46.3 Å². The van der Waals surface area contributed by atoms with E-state index in [1.807, 2.05) is 61.1 Å². The minimum atomic E-state index is 0.0653. The van der Waals surface area contributed by atoms with Crippen molar-refractivity contribution in [2.45, 2.75) is 13.5 Å². The summed E-state index contributed by atoms with van der Waals surface area (Å²) in [7, 11) is 2.03.